The maximum atomic E-state index is 6.22. The van der Waals surface area contributed by atoms with Gasteiger partial charge in [-0.05, 0) is 55.5 Å². The Morgan fingerprint density at radius 2 is 1.41 bits per heavy atom. The highest BCUT2D eigenvalue weighted by Gasteiger charge is 2.15. The zero-order chi connectivity index (χ0) is 24.2. The van der Waals surface area contributed by atoms with Crippen LogP contribution >= 0.6 is 0 Å². The molecule has 34 heavy (non-hydrogen) atoms. The van der Waals surface area contributed by atoms with E-state index in [0.717, 1.165) is 41.0 Å². The molecule has 0 spiro atoms. The van der Waals surface area contributed by atoms with Crippen LogP contribution in [-0.2, 0) is 13.2 Å². The molecule has 0 aromatic heterocycles. The van der Waals surface area contributed by atoms with Crippen LogP contribution in [0.2, 0.25) is 0 Å². The van der Waals surface area contributed by atoms with Crippen LogP contribution in [0.15, 0.2) is 109 Å². The number of hydrogen-bond acceptors (Lipinski definition) is 2. The van der Waals surface area contributed by atoms with E-state index in [9.17, 15) is 0 Å². The molecule has 0 saturated heterocycles. The molecule has 0 bridgehead atoms. The molecule has 0 aliphatic rings. The van der Waals surface area contributed by atoms with E-state index in [-0.39, 0.29) is 5.41 Å². The van der Waals surface area contributed by atoms with Crippen LogP contribution in [0.1, 0.15) is 50.3 Å². The van der Waals surface area contributed by atoms with E-state index in [0.29, 0.717) is 13.2 Å². The minimum atomic E-state index is -0.0700. The Kier molecular flexibility index (Phi) is 9.34. The number of rotatable bonds is 12. The normalized spacial score (nSPS) is 12.7. The average molecular weight is 453 g/mol. The van der Waals surface area contributed by atoms with Gasteiger partial charge in [0.2, 0.25) is 0 Å². The average Bonchev–Trinajstić information content (AvgIpc) is 2.86. The van der Waals surface area contributed by atoms with Crippen LogP contribution in [0.25, 0.3) is 6.08 Å². The zero-order valence-electron chi connectivity index (χ0n) is 20.7. The third kappa shape index (κ3) is 8.12. The predicted molar refractivity (Wildman–Crippen MR) is 144 cm³/mol. The number of allylic oxidation sites excluding steroid dienone is 4. The maximum Gasteiger partial charge on any atom is 0.162 e. The third-order valence-corrected chi connectivity index (χ3v) is 5.80. The largest absolute Gasteiger partial charge is 0.485 e. The van der Waals surface area contributed by atoms with Crippen LogP contribution in [0, 0.1) is 5.41 Å². The number of hydrogen-bond donors (Lipinski definition) is 0. The number of ether oxygens (including phenoxy) is 2. The van der Waals surface area contributed by atoms with Gasteiger partial charge >= 0.3 is 0 Å². The van der Waals surface area contributed by atoms with Crippen molar-refractivity contribution in [2.24, 2.45) is 5.41 Å². The van der Waals surface area contributed by atoms with Crippen molar-refractivity contribution in [2.45, 2.75) is 46.8 Å². The van der Waals surface area contributed by atoms with Gasteiger partial charge in [0.05, 0.1) is 0 Å². The first-order valence-corrected chi connectivity index (χ1v) is 11.9. The van der Waals surface area contributed by atoms with E-state index >= 15 is 0 Å². The van der Waals surface area contributed by atoms with Crippen molar-refractivity contribution in [3.8, 4) is 11.5 Å². The van der Waals surface area contributed by atoms with Crippen molar-refractivity contribution in [2.75, 3.05) is 0 Å². The summed E-state index contributed by atoms with van der Waals surface area (Å²) in [6, 6.07) is 26.5. The lowest BCUT2D eigenvalue weighted by molar-refractivity contribution is 0.256. The molecule has 176 valence electrons. The van der Waals surface area contributed by atoms with Gasteiger partial charge in [-0.25, -0.2) is 0 Å². The summed E-state index contributed by atoms with van der Waals surface area (Å²) in [5.74, 6) is 1.48. The standard InChI is InChI=1S/C32H36O2/c1-5-32(4,21-12-13-26(2)3)22-20-27-18-19-30(33-24-28-14-8-6-9-15-28)31(23-27)34-25-29-16-10-7-11-17-29/h5-11,13-20,22-23H,1,12,21,24-25H2,2-4H3/b22-20+. The summed E-state index contributed by atoms with van der Waals surface area (Å²) in [4.78, 5) is 0. The smallest absolute Gasteiger partial charge is 0.162 e. The Morgan fingerprint density at radius 1 is 0.824 bits per heavy atom. The highest BCUT2D eigenvalue weighted by Crippen LogP contribution is 2.32. The molecule has 0 saturated carbocycles. The first-order chi connectivity index (χ1) is 16.5. The molecular formula is C32H36O2. The second kappa shape index (κ2) is 12.6. The van der Waals surface area contributed by atoms with Crippen LogP contribution < -0.4 is 9.47 Å². The molecule has 2 nitrogen and oxygen atoms in total. The summed E-state index contributed by atoms with van der Waals surface area (Å²) in [5.41, 5.74) is 4.60. The fourth-order valence-electron chi connectivity index (χ4n) is 3.54. The van der Waals surface area contributed by atoms with E-state index in [1.165, 1.54) is 5.57 Å². The highest BCUT2D eigenvalue weighted by molar-refractivity contribution is 5.57. The van der Waals surface area contributed by atoms with Crippen LogP contribution in [0.5, 0.6) is 11.5 Å². The van der Waals surface area contributed by atoms with Gasteiger partial charge in [0.1, 0.15) is 13.2 Å². The highest BCUT2D eigenvalue weighted by atomic mass is 16.5. The monoisotopic (exact) mass is 452 g/mol. The Morgan fingerprint density at radius 3 is 1.97 bits per heavy atom. The summed E-state index contributed by atoms with van der Waals surface area (Å²) >= 11 is 0. The molecule has 2 heteroatoms. The van der Waals surface area contributed by atoms with E-state index in [1.54, 1.807) is 0 Å². The summed E-state index contributed by atoms with van der Waals surface area (Å²) in [5, 5.41) is 0. The Labute approximate surface area is 205 Å². The molecule has 0 radical (unpaired) electrons. The molecule has 3 aromatic rings. The van der Waals surface area contributed by atoms with E-state index in [4.69, 9.17) is 9.47 Å². The summed E-state index contributed by atoms with van der Waals surface area (Å²) in [7, 11) is 0. The maximum absolute atomic E-state index is 6.22. The topological polar surface area (TPSA) is 18.5 Å². The molecular weight excluding hydrogens is 416 g/mol. The minimum Gasteiger partial charge on any atom is -0.485 e. The van der Waals surface area contributed by atoms with Crippen molar-refractivity contribution in [1.29, 1.82) is 0 Å². The molecule has 1 atom stereocenters. The summed E-state index contributed by atoms with van der Waals surface area (Å²) in [6.45, 7) is 11.6. The lowest BCUT2D eigenvalue weighted by Crippen LogP contribution is -2.08. The van der Waals surface area contributed by atoms with Gasteiger partial charge in [-0.3, -0.25) is 0 Å². The van der Waals surface area contributed by atoms with Crippen molar-refractivity contribution < 1.29 is 9.47 Å². The van der Waals surface area contributed by atoms with Crippen molar-refractivity contribution in [3.05, 3.63) is 126 Å². The molecule has 3 aromatic carbocycles. The second-order valence-electron chi connectivity index (χ2n) is 9.12. The van der Waals surface area contributed by atoms with Gasteiger partial charge in [-0.15, -0.1) is 6.58 Å². The molecule has 0 aliphatic heterocycles. The van der Waals surface area contributed by atoms with E-state index in [1.807, 2.05) is 48.5 Å². The zero-order valence-corrected chi connectivity index (χ0v) is 20.7. The minimum absolute atomic E-state index is 0.0700. The lowest BCUT2D eigenvalue weighted by atomic mass is 9.84. The second-order valence-corrected chi connectivity index (χ2v) is 9.12. The summed E-state index contributed by atoms with van der Waals surface area (Å²) in [6.07, 6.45) is 10.8. The molecule has 0 heterocycles. The molecule has 0 fully saturated rings. The van der Waals surface area contributed by atoms with Gasteiger partial charge in [-0.1, -0.05) is 104 Å². The first-order valence-electron chi connectivity index (χ1n) is 11.9. The van der Waals surface area contributed by atoms with Crippen molar-refractivity contribution >= 4 is 6.08 Å². The summed E-state index contributed by atoms with van der Waals surface area (Å²) < 4.78 is 12.4. The van der Waals surface area contributed by atoms with Crippen LogP contribution in [0.4, 0.5) is 0 Å². The quantitative estimate of drug-likeness (QED) is 0.256. The van der Waals surface area contributed by atoms with Crippen molar-refractivity contribution in [1.82, 2.24) is 0 Å². The van der Waals surface area contributed by atoms with Gasteiger partial charge in [0.25, 0.3) is 0 Å². The van der Waals surface area contributed by atoms with Gasteiger partial charge < -0.3 is 9.47 Å². The van der Waals surface area contributed by atoms with Gasteiger partial charge in [-0.2, -0.15) is 0 Å². The first kappa shape index (κ1) is 25.1. The van der Waals surface area contributed by atoms with E-state index < -0.39 is 0 Å². The fourth-order valence-corrected chi connectivity index (χ4v) is 3.54. The molecule has 1 unspecified atom stereocenters. The molecule has 0 amide bonds. The Balaban J connectivity index is 1.78. The molecule has 3 rings (SSSR count). The number of benzene rings is 3. The lowest BCUT2D eigenvalue weighted by Gasteiger charge is -2.21. The van der Waals surface area contributed by atoms with Gasteiger partial charge in [0, 0.05) is 5.41 Å². The Hall–Kier alpha value is -3.52. The van der Waals surface area contributed by atoms with Crippen LogP contribution in [0.3, 0.4) is 0 Å². The molecule has 0 N–H and O–H groups in total. The van der Waals surface area contributed by atoms with Crippen molar-refractivity contribution in [3.63, 3.8) is 0 Å². The van der Waals surface area contributed by atoms with Gasteiger partial charge in [0.15, 0.2) is 11.5 Å². The third-order valence-electron chi connectivity index (χ3n) is 5.80. The van der Waals surface area contributed by atoms with Crippen LogP contribution in [-0.4, -0.2) is 0 Å². The van der Waals surface area contributed by atoms with E-state index in [2.05, 4.69) is 82.0 Å². The Bertz CT molecular complexity index is 1090. The SMILES string of the molecule is C=CC(C)(/C=C/c1ccc(OCc2ccccc2)c(OCc2ccccc2)c1)CCC=C(C)C. The molecule has 0 aliphatic carbocycles. The predicted octanol–water partition coefficient (Wildman–Crippen LogP) is 8.80. The fraction of sp³-hybridized carbons (Fsp3) is 0.250.